The van der Waals surface area contributed by atoms with Gasteiger partial charge >= 0.3 is 0 Å². The van der Waals surface area contributed by atoms with Crippen LogP contribution in [0.25, 0.3) is 65.9 Å². The normalized spacial score (nSPS) is 15.2. The molecule has 0 N–H and O–H groups in total. The van der Waals surface area contributed by atoms with Gasteiger partial charge < -0.3 is 4.42 Å². The van der Waals surface area contributed by atoms with Crippen LogP contribution in [0.1, 0.15) is 45.7 Å². The number of aryl methyl sites for hydroxylation is 2. The zero-order valence-electron chi connectivity index (χ0n) is 28.1. The molecule has 2 heteroatoms. The molecule has 0 radical (unpaired) electrons. The van der Waals surface area contributed by atoms with Crippen LogP contribution >= 0.6 is 0 Å². The van der Waals surface area contributed by atoms with E-state index in [0.717, 1.165) is 43.5 Å². The number of nitrogens with zero attached hydrogens (tertiary/aromatic N) is 1. The molecule has 0 saturated carbocycles. The standard InChI is InChI=1S/C37H31NO/c1-22-17-26-18-27(37(3,4)5)15-13-25(26)19-32(22)33-20-34(38-21-23(33)2)31-12-8-11-29-30-16-14-24-9-6-7-10-28(24)35(30)39-36(29)31/h6-21H,1-5H3/i1D3,2D3. The number of furan rings is 1. The Morgan fingerprint density at radius 2 is 1.38 bits per heavy atom. The molecule has 7 aromatic rings. The summed E-state index contributed by atoms with van der Waals surface area (Å²) in [5, 5.41) is 5.57. The van der Waals surface area contributed by atoms with Crippen LogP contribution < -0.4 is 0 Å². The maximum Gasteiger partial charge on any atom is 0.144 e. The van der Waals surface area contributed by atoms with Crippen LogP contribution in [0.15, 0.2) is 102 Å². The first-order chi connectivity index (χ1) is 21.2. The Hall–Kier alpha value is -4.43. The molecule has 0 fully saturated rings. The summed E-state index contributed by atoms with van der Waals surface area (Å²) in [5.41, 5.74) is 4.30. The maximum absolute atomic E-state index is 8.46. The first-order valence-electron chi connectivity index (χ1n) is 16.1. The third kappa shape index (κ3) is 3.82. The van der Waals surface area contributed by atoms with Crippen molar-refractivity contribution in [3.63, 3.8) is 0 Å². The van der Waals surface area contributed by atoms with Gasteiger partial charge in [-0.1, -0.05) is 87.5 Å². The number of hydrogen-bond donors (Lipinski definition) is 0. The third-order valence-corrected chi connectivity index (χ3v) is 7.70. The van der Waals surface area contributed by atoms with Gasteiger partial charge in [-0.3, -0.25) is 4.98 Å². The molecular weight excluding hydrogens is 474 g/mol. The van der Waals surface area contributed by atoms with Crippen LogP contribution in [-0.4, -0.2) is 4.98 Å². The Morgan fingerprint density at radius 3 is 2.23 bits per heavy atom. The lowest BCUT2D eigenvalue weighted by molar-refractivity contribution is 0.591. The highest BCUT2D eigenvalue weighted by Gasteiger charge is 2.18. The summed E-state index contributed by atoms with van der Waals surface area (Å²) in [6.45, 7) is 1.32. The fourth-order valence-electron chi connectivity index (χ4n) is 5.54. The van der Waals surface area contributed by atoms with Gasteiger partial charge in [-0.15, -0.1) is 0 Å². The van der Waals surface area contributed by atoms with E-state index >= 15 is 0 Å². The Morgan fingerprint density at radius 1 is 0.615 bits per heavy atom. The molecule has 2 heterocycles. The second-order valence-electron chi connectivity index (χ2n) is 11.3. The molecule has 7 rings (SSSR count). The summed E-state index contributed by atoms with van der Waals surface area (Å²) in [7, 11) is 0. The quantitative estimate of drug-likeness (QED) is 0.231. The van der Waals surface area contributed by atoms with Gasteiger partial charge in [0.05, 0.1) is 5.69 Å². The van der Waals surface area contributed by atoms with Gasteiger partial charge in [-0.05, 0) is 87.4 Å². The topological polar surface area (TPSA) is 26.0 Å². The van der Waals surface area contributed by atoms with Gasteiger partial charge in [0.25, 0.3) is 0 Å². The van der Waals surface area contributed by atoms with Crippen LogP contribution in [0, 0.1) is 13.7 Å². The Labute approximate surface area is 237 Å². The fourth-order valence-corrected chi connectivity index (χ4v) is 5.54. The van der Waals surface area contributed by atoms with E-state index in [-0.39, 0.29) is 16.5 Å². The molecule has 0 amide bonds. The second kappa shape index (κ2) is 8.54. The highest BCUT2D eigenvalue weighted by atomic mass is 16.3. The lowest BCUT2D eigenvalue weighted by Crippen LogP contribution is -2.10. The maximum atomic E-state index is 8.46. The highest BCUT2D eigenvalue weighted by Crippen LogP contribution is 2.40. The average Bonchev–Trinajstić information content (AvgIpc) is 3.38. The number of benzene rings is 5. The third-order valence-electron chi connectivity index (χ3n) is 7.70. The number of para-hydroxylation sites is 1. The van der Waals surface area contributed by atoms with Crippen molar-refractivity contribution < 1.29 is 12.6 Å². The first-order valence-corrected chi connectivity index (χ1v) is 13.1. The summed E-state index contributed by atoms with van der Waals surface area (Å²) < 4.78 is 56.9. The van der Waals surface area contributed by atoms with Crippen LogP contribution in [0.3, 0.4) is 0 Å². The molecule has 39 heavy (non-hydrogen) atoms. The minimum Gasteiger partial charge on any atom is -0.455 e. The average molecular weight is 512 g/mol. The van der Waals surface area contributed by atoms with Crippen LogP contribution in [-0.2, 0) is 5.41 Å². The fraction of sp³-hybridized carbons (Fsp3) is 0.162. The van der Waals surface area contributed by atoms with Gasteiger partial charge in [-0.25, -0.2) is 0 Å². The molecule has 0 unspecified atom stereocenters. The van der Waals surface area contributed by atoms with Gasteiger partial charge in [0.15, 0.2) is 0 Å². The van der Waals surface area contributed by atoms with E-state index in [1.807, 2.05) is 66.7 Å². The minimum atomic E-state index is -2.53. The lowest BCUT2D eigenvalue weighted by Gasteiger charge is -2.20. The lowest BCUT2D eigenvalue weighted by atomic mass is 9.85. The molecule has 2 nitrogen and oxygen atoms in total. The molecule has 0 aliphatic heterocycles. The van der Waals surface area contributed by atoms with E-state index < -0.39 is 13.7 Å². The number of aromatic nitrogens is 1. The highest BCUT2D eigenvalue weighted by molar-refractivity contribution is 6.17. The summed E-state index contributed by atoms with van der Waals surface area (Å²) in [6.07, 6.45) is 1.35. The predicted molar refractivity (Wildman–Crippen MR) is 166 cm³/mol. The van der Waals surface area contributed by atoms with Crippen molar-refractivity contribution >= 4 is 43.5 Å². The van der Waals surface area contributed by atoms with Crippen molar-refractivity contribution in [2.45, 2.75) is 39.9 Å². The number of pyridine rings is 1. The SMILES string of the molecule is [2H]C([2H])([2H])c1cnc(-c2cccc3c2oc2c4ccccc4ccc32)cc1-c1cc2ccc(C(C)(C)C)cc2cc1C([2H])([2H])[2H]. The number of hydrogen-bond acceptors (Lipinski definition) is 2. The van der Waals surface area contributed by atoms with Crippen LogP contribution in [0.5, 0.6) is 0 Å². The smallest absolute Gasteiger partial charge is 0.144 e. The van der Waals surface area contributed by atoms with E-state index in [4.69, 9.17) is 12.6 Å². The number of rotatable bonds is 2. The Balaban J connectivity index is 1.50. The predicted octanol–water partition coefficient (Wildman–Crippen LogP) is 10.5. The van der Waals surface area contributed by atoms with Crippen molar-refractivity contribution in [2.24, 2.45) is 0 Å². The van der Waals surface area contributed by atoms with Crippen molar-refractivity contribution in [1.29, 1.82) is 0 Å². The zero-order valence-corrected chi connectivity index (χ0v) is 22.1. The number of fused-ring (bicyclic) bond motifs is 6. The van der Waals surface area contributed by atoms with Gasteiger partial charge in [-0.2, -0.15) is 0 Å². The van der Waals surface area contributed by atoms with E-state index in [9.17, 15) is 0 Å². The van der Waals surface area contributed by atoms with Crippen LogP contribution in [0.2, 0.25) is 0 Å². The van der Waals surface area contributed by atoms with Crippen molar-refractivity contribution in [1.82, 2.24) is 4.98 Å². The van der Waals surface area contributed by atoms with Crippen molar-refractivity contribution in [2.75, 3.05) is 0 Å². The van der Waals surface area contributed by atoms with Gasteiger partial charge in [0, 0.05) is 36.1 Å². The molecular formula is C37H31NO. The summed E-state index contributed by atoms with van der Waals surface area (Å²) in [4.78, 5) is 4.62. The Bertz CT molecular complexity index is 2290. The molecule has 5 aromatic carbocycles. The summed E-state index contributed by atoms with van der Waals surface area (Å²) >= 11 is 0. The summed E-state index contributed by atoms with van der Waals surface area (Å²) in [6, 6.07) is 29.2. The zero-order chi connectivity index (χ0) is 31.9. The Kier molecular flexibility index (Phi) is 3.93. The van der Waals surface area contributed by atoms with E-state index in [1.165, 1.54) is 6.20 Å². The first kappa shape index (κ1) is 18.0. The van der Waals surface area contributed by atoms with Gasteiger partial charge in [0.2, 0.25) is 0 Å². The molecule has 0 bridgehead atoms. The van der Waals surface area contributed by atoms with Crippen molar-refractivity contribution in [3.8, 4) is 22.4 Å². The van der Waals surface area contributed by atoms with E-state index in [2.05, 4.69) is 31.8 Å². The molecule has 0 spiro atoms. The van der Waals surface area contributed by atoms with Crippen molar-refractivity contribution in [3.05, 3.63) is 114 Å². The molecule has 0 atom stereocenters. The minimum absolute atomic E-state index is 0.00909. The van der Waals surface area contributed by atoms with E-state index in [0.29, 0.717) is 28.0 Å². The molecule has 0 aliphatic rings. The van der Waals surface area contributed by atoms with Crippen LogP contribution in [0.4, 0.5) is 0 Å². The largest absolute Gasteiger partial charge is 0.455 e. The second-order valence-corrected chi connectivity index (χ2v) is 11.3. The van der Waals surface area contributed by atoms with E-state index in [1.54, 1.807) is 18.2 Å². The summed E-state index contributed by atoms with van der Waals surface area (Å²) in [5.74, 6) is 0. The van der Waals surface area contributed by atoms with Gasteiger partial charge in [0.1, 0.15) is 11.2 Å². The molecule has 0 aliphatic carbocycles. The molecule has 2 aromatic heterocycles. The monoisotopic (exact) mass is 511 g/mol. The molecule has 0 saturated heterocycles. The molecule has 190 valence electrons.